The van der Waals surface area contributed by atoms with Gasteiger partial charge in [0.2, 0.25) is 0 Å². The van der Waals surface area contributed by atoms with E-state index in [9.17, 15) is 10.1 Å². The summed E-state index contributed by atoms with van der Waals surface area (Å²) in [5.74, 6) is 0.427. The summed E-state index contributed by atoms with van der Waals surface area (Å²) < 4.78 is 0. The molecule has 0 aliphatic carbocycles. The number of rotatable bonds is 12. The Labute approximate surface area is 195 Å². The van der Waals surface area contributed by atoms with Gasteiger partial charge in [0, 0.05) is 12.2 Å². The number of aldehydes is 1. The number of pyridine rings is 1. The van der Waals surface area contributed by atoms with Crippen LogP contribution in [0, 0.1) is 11.3 Å². The van der Waals surface area contributed by atoms with Crippen molar-refractivity contribution >= 4 is 40.7 Å². The van der Waals surface area contributed by atoms with E-state index in [1.807, 2.05) is 40.1 Å². The molecule has 0 spiro atoms. The van der Waals surface area contributed by atoms with E-state index in [0.29, 0.717) is 30.9 Å². The standard InChI is InChI=1S/C23H33N9O/c1-5-23(6-2,15-33)29-16-8-10-17(11-9-16)30-31-20-19(25)18(14-24)22(28-21(20)26)27-12-7-13-32(3)4/h8-11,15,29H,5-7,12-13H2,1-4H3,(H5,25,26,27,28). The summed E-state index contributed by atoms with van der Waals surface area (Å²) in [7, 11) is 3.99. The van der Waals surface area contributed by atoms with Crippen LogP contribution in [0.5, 0.6) is 0 Å². The number of hydrogen-bond acceptors (Lipinski definition) is 10. The molecule has 0 saturated carbocycles. The predicted octanol–water partition coefficient (Wildman–Crippen LogP) is 4.07. The molecule has 0 fully saturated rings. The van der Waals surface area contributed by atoms with Crippen molar-refractivity contribution < 1.29 is 4.79 Å². The molecule has 0 bridgehead atoms. The molecule has 0 saturated heterocycles. The van der Waals surface area contributed by atoms with Gasteiger partial charge < -0.3 is 31.8 Å². The lowest BCUT2D eigenvalue weighted by Crippen LogP contribution is -2.38. The zero-order chi connectivity index (χ0) is 24.4. The summed E-state index contributed by atoms with van der Waals surface area (Å²) in [5.41, 5.74) is 13.5. The number of benzene rings is 1. The highest BCUT2D eigenvalue weighted by molar-refractivity contribution is 5.83. The quantitative estimate of drug-likeness (QED) is 0.214. The highest BCUT2D eigenvalue weighted by Gasteiger charge is 2.24. The maximum atomic E-state index is 11.5. The number of carbonyl (C=O) groups is 1. The summed E-state index contributed by atoms with van der Waals surface area (Å²) >= 11 is 0. The molecule has 2 aromatic rings. The van der Waals surface area contributed by atoms with Gasteiger partial charge in [-0.1, -0.05) is 13.8 Å². The Bertz CT molecular complexity index is 1010. The lowest BCUT2D eigenvalue weighted by atomic mass is 9.94. The van der Waals surface area contributed by atoms with Gasteiger partial charge in [-0.3, -0.25) is 0 Å². The summed E-state index contributed by atoms with van der Waals surface area (Å²) in [6.45, 7) is 5.46. The second-order valence-electron chi connectivity index (χ2n) is 8.03. The van der Waals surface area contributed by atoms with E-state index < -0.39 is 5.54 Å². The molecule has 0 atom stereocenters. The highest BCUT2D eigenvalue weighted by atomic mass is 16.1. The van der Waals surface area contributed by atoms with Gasteiger partial charge in [-0.2, -0.15) is 10.4 Å². The van der Waals surface area contributed by atoms with Crippen molar-refractivity contribution in [2.24, 2.45) is 10.2 Å². The Balaban J connectivity index is 2.19. The van der Waals surface area contributed by atoms with Crippen LogP contribution in [0.2, 0.25) is 0 Å². The number of nitriles is 1. The van der Waals surface area contributed by atoms with Gasteiger partial charge in [-0.15, -0.1) is 5.11 Å². The summed E-state index contributed by atoms with van der Waals surface area (Å²) in [6.07, 6.45) is 3.19. The Morgan fingerprint density at radius 1 is 1.18 bits per heavy atom. The van der Waals surface area contributed by atoms with Crippen LogP contribution in [0.1, 0.15) is 38.7 Å². The van der Waals surface area contributed by atoms with Gasteiger partial charge in [0.15, 0.2) is 11.5 Å². The minimum Gasteiger partial charge on any atom is -0.396 e. The fraction of sp³-hybridized carbons (Fsp3) is 0.435. The molecule has 10 heteroatoms. The molecule has 176 valence electrons. The topological polar surface area (TPSA) is 158 Å². The molecule has 0 aliphatic rings. The number of azo groups is 1. The lowest BCUT2D eigenvalue weighted by molar-refractivity contribution is -0.111. The Kier molecular flexibility index (Phi) is 9.12. The lowest BCUT2D eigenvalue weighted by Gasteiger charge is -2.27. The Morgan fingerprint density at radius 3 is 2.39 bits per heavy atom. The fourth-order valence-corrected chi connectivity index (χ4v) is 3.19. The first-order valence-corrected chi connectivity index (χ1v) is 10.9. The van der Waals surface area contributed by atoms with Crippen LogP contribution < -0.4 is 22.1 Å². The van der Waals surface area contributed by atoms with Crippen LogP contribution in [-0.2, 0) is 4.79 Å². The maximum absolute atomic E-state index is 11.5. The molecule has 33 heavy (non-hydrogen) atoms. The summed E-state index contributed by atoms with van der Waals surface area (Å²) in [5, 5.41) is 24.3. The second kappa shape index (κ2) is 11.8. The number of aromatic nitrogens is 1. The molecule has 1 aromatic carbocycles. The van der Waals surface area contributed by atoms with Gasteiger partial charge >= 0.3 is 0 Å². The normalized spacial score (nSPS) is 11.5. The summed E-state index contributed by atoms with van der Waals surface area (Å²) in [4.78, 5) is 17.8. The van der Waals surface area contributed by atoms with Gasteiger partial charge in [-0.05, 0) is 64.2 Å². The largest absolute Gasteiger partial charge is 0.396 e. The maximum Gasteiger partial charge on any atom is 0.155 e. The van der Waals surface area contributed by atoms with Crippen LogP contribution in [-0.4, -0.2) is 48.9 Å². The molecule has 6 N–H and O–H groups in total. The van der Waals surface area contributed by atoms with E-state index in [1.165, 1.54) is 0 Å². The van der Waals surface area contributed by atoms with Gasteiger partial charge in [0.25, 0.3) is 0 Å². The minimum absolute atomic E-state index is 0.0882. The fourth-order valence-electron chi connectivity index (χ4n) is 3.19. The smallest absolute Gasteiger partial charge is 0.155 e. The van der Waals surface area contributed by atoms with Crippen LogP contribution in [0.4, 0.5) is 34.4 Å². The zero-order valence-electron chi connectivity index (χ0n) is 19.7. The highest BCUT2D eigenvalue weighted by Crippen LogP contribution is 2.36. The first-order chi connectivity index (χ1) is 15.8. The molecular formula is C23H33N9O. The number of anilines is 4. The van der Waals surface area contributed by atoms with E-state index in [2.05, 4.69) is 36.8 Å². The van der Waals surface area contributed by atoms with Crippen LogP contribution >= 0.6 is 0 Å². The van der Waals surface area contributed by atoms with E-state index in [0.717, 1.165) is 24.9 Å². The van der Waals surface area contributed by atoms with E-state index in [-0.39, 0.29) is 22.8 Å². The predicted molar refractivity (Wildman–Crippen MR) is 133 cm³/mol. The minimum atomic E-state index is -0.590. The third-order valence-corrected chi connectivity index (χ3v) is 5.44. The third kappa shape index (κ3) is 6.63. The molecule has 10 nitrogen and oxygen atoms in total. The molecule has 1 aromatic heterocycles. The first-order valence-electron chi connectivity index (χ1n) is 10.9. The van der Waals surface area contributed by atoms with E-state index in [4.69, 9.17) is 11.5 Å². The molecule has 2 rings (SSSR count). The summed E-state index contributed by atoms with van der Waals surface area (Å²) in [6, 6.07) is 9.24. The zero-order valence-corrected chi connectivity index (χ0v) is 19.7. The van der Waals surface area contributed by atoms with Crippen molar-refractivity contribution in [3.63, 3.8) is 0 Å². The average molecular weight is 452 g/mol. The Hall–Kier alpha value is -3.71. The van der Waals surface area contributed by atoms with Crippen LogP contribution in [0.25, 0.3) is 0 Å². The van der Waals surface area contributed by atoms with Crippen LogP contribution in [0.15, 0.2) is 34.5 Å². The van der Waals surface area contributed by atoms with Crippen molar-refractivity contribution in [1.29, 1.82) is 5.26 Å². The van der Waals surface area contributed by atoms with Gasteiger partial charge in [0.1, 0.15) is 23.7 Å². The molecule has 0 radical (unpaired) electrons. The number of carbonyl (C=O) groups excluding carboxylic acids is 1. The van der Waals surface area contributed by atoms with Crippen molar-refractivity contribution in [1.82, 2.24) is 9.88 Å². The van der Waals surface area contributed by atoms with Crippen molar-refractivity contribution in [3.8, 4) is 6.07 Å². The molecule has 0 aliphatic heterocycles. The second-order valence-corrected chi connectivity index (χ2v) is 8.03. The van der Waals surface area contributed by atoms with Crippen LogP contribution in [0.3, 0.4) is 0 Å². The Morgan fingerprint density at radius 2 is 1.85 bits per heavy atom. The van der Waals surface area contributed by atoms with Crippen molar-refractivity contribution in [2.75, 3.05) is 49.3 Å². The number of hydrogen-bond donors (Lipinski definition) is 4. The van der Waals surface area contributed by atoms with Crippen molar-refractivity contribution in [3.05, 3.63) is 29.8 Å². The number of nitrogens with one attached hydrogen (secondary N) is 2. The number of nitrogens with zero attached hydrogens (tertiary/aromatic N) is 5. The molecule has 0 unspecified atom stereocenters. The molecule has 0 amide bonds. The van der Waals surface area contributed by atoms with E-state index >= 15 is 0 Å². The monoisotopic (exact) mass is 451 g/mol. The van der Waals surface area contributed by atoms with Gasteiger partial charge in [0.05, 0.1) is 16.9 Å². The SMILES string of the molecule is CCC(C=O)(CC)Nc1ccc(N=Nc2c(N)nc(NCCCN(C)C)c(C#N)c2N)cc1. The molecule has 1 heterocycles. The van der Waals surface area contributed by atoms with Crippen molar-refractivity contribution in [2.45, 2.75) is 38.6 Å². The number of nitrogen functional groups attached to an aromatic ring is 2. The van der Waals surface area contributed by atoms with E-state index in [1.54, 1.807) is 12.1 Å². The third-order valence-electron chi connectivity index (χ3n) is 5.44. The average Bonchev–Trinajstić information content (AvgIpc) is 2.81. The van der Waals surface area contributed by atoms with Gasteiger partial charge in [-0.25, -0.2) is 4.98 Å². The molecular weight excluding hydrogens is 418 g/mol. The number of nitrogens with two attached hydrogens (primary N) is 2. The first kappa shape index (κ1) is 25.5.